The Balaban J connectivity index is 1.90. The Kier molecular flexibility index (Phi) is 9.31. The molecule has 254 valence electrons. The zero-order valence-corrected chi connectivity index (χ0v) is 33.5. The lowest BCUT2D eigenvalue weighted by molar-refractivity contribution is 0.103. The SMILES string of the molecule is COc1cc2c(c(C(O)(c3c(OC)c(OC)cc4c3SC(C)(C)S4)c3c(OC)c(OC)cc4c3SC(C)(C)S4)c1OC)SC(C)(C)S2. The Morgan fingerprint density at radius 3 is 0.915 bits per heavy atom. The van der Waals surface area contributed by atoms with Gasteiger partial charge in [-0.15, -0.1) is 70.6 Å². The first-order valence-corrected chi connectivity index (χ1v) is 19.7. The third kappa shape index (κ3) is 5.73. The second-order valence-electron chi connectivity index (χ2n) is 12.5. The summed E-state index contributed by atoms with van der Waals surface area (Å²) in [6.45, 7) is 13.1. The fourth-order valence-corrected chi connectivity index (χ4v) is 14.8. The highest BCUT2D eigenvalue weighted by atomic mass is 32.2. The largest absolute Gasteiger partial charge is 0.493 e. The van der Waals surface area contributed by atoms with E-state index in [1.54, 1.807) is 113 Å². The van der Waals surface area contributed by atoms with Gasteiger partial charge in [-0.2, -0.15) is 0 Å². The number of thioether (sulfide) groups is 6. The van der Waals surface area contributed by atoms with Gasteiger partial charge in [-0.3, -0.25) is 0 Å². The van der Waals surface area contributed by atoms with Crippen LogP contribution < -0.4 is 28.4 Å². The molecule has 0 amide bonds. The van der Waals surface area contributed by atoms with Gasteiger partial charge in [-0.1, -0.05) is 0 Å². The van der Waals surface area contributed by atoms with Gasteiger partial charge in [0.1, 0.15) is 0 Å². The summed E-state index contributed by atoms with van der Waals surface area (Å²) in [5.74, 6) is 2.86. The second-order valence-corrected chi connectivity index (χ2v) is 23.1. The van der Waals surface area contributed by atoms with Gasteiger partial charge in [0, 0.05) is 29.4 Å². The lowest BCUT2D eigenvalue weighted by Gasteiger charge is -2.38. The molecule has 3 heterocycles. The molecule has 7 nitrogen and oxygen atoms in total. The zero-order chi connectivity index (χ0) is 34.3. The molecule has 0 atom stereocenters. The number of rotatable bonds is 9. The van der Waals surface area contributed by atoms with E-state index < -0.39 is 5.60 Å². The van der Waals surface area contributed by atoms with Gasteiger partial charge in [-0.25, -0.2) is 0 Å². The van der Waals surface area contributed by atoms with Crippen LogP contribution in [0.2, 0.25) is 0 Å². The van der Waals surface area contributed by atoms with Gasteiger partial charge in [0.15, 0.2) is 40.1 Å². The lowest BCUT2D eigenvalue weighted by atomic mass is 9.78. The molecule has 0 aromatic heterocycles. The van der Waals surface area contributed by atoms with Crippen LogP contribution in [-0.4, -0.2) is 60.0 Å². The molecule has 6 rings (SSSR count). The van der Waals surface area contributed by atoms with E-state index in [1.165, 1.54) is 0 Å². The minimum Gasteiger partial charge on any atom is -0.493 e. The molecule has 0 saturated heterocycles. The Morgan fingerprint density at radius 1 is 0.447 bits per heavy atom. The molecular weight excluding hydrogens is 713 g/mol. The van der Waals surface area contributed by atoms with Crippen molar-refractivity contribution in [3.8, 4) is 34.5 Å². The van der Waals surface area contributed by atoms with Gasteiger partial charge in [0.2, 0.25) is 0 Å². The molecule has 3 aliphatic rings. The maximum atomic E-state index is 14.4. The van der Waals surface area contributed by atoms with Crippen molar-refractivity contribution < 1.29 is 33.5 Å². The summed E-state index contributed by atoms with van der Waals surface area (Å²) >= 11 is 10.3. The number of hydrogen-bond donors (Lipinski definition) is 1. The average molecular weight is 753 g/mol. The summed E-state index contributed by atoms with van der Waals surface area (Å²) in [6, 6.07) is 6.02. The predicted molar refractivity (Wildman–Crippen MR) is 198 cm³/mol. The normalized spacial score (nSPS) is 18.3. The van der Waals surface area contributed by atoms with Crippen molar-refractivity contribution in [3.05, 3.63) is 34.9 Å². The summed E-state index contributed by atoms with van der Waals surface area (Å²) in [7, 11) is 9.74. The maximum Gasteiger partial charge on any atom is 0.168 e. The predicted octanol–water partition coefficient (Wildman–Crippen LogP) is 9.82. The first kappa shape index (κ1) is 35.3. The Morgan fingerprint density at radius 2 is 0.702 bits per heavy atom. The number of benzene rings is 3. The average Bonchev–Trinajstić information content (AvgIpc) is 3.62. The van der Waals surface area contributed by atoms with Crippen molar-refractivity contribution in [3.63, 3.8) is 0 Å². The molecule has 13 heteroatoms. The summed E-state index contributed by atoms with van der Waals surface area (Å²) in [5, 5.41) is 14.4. The smallest absolute Gasteiger partial charge is 0.168 e. The van der Waals surface area contributed by atoms with Crippen molar-refractivity contribution in [1.29, 1.82) is 0 Å². The zero-order valence-electron chi connectivity index (χ0n) is 28.6. The van der Waals surface area contributed by atoms with E-state index in [4.69, 9.17) is 28.4 Å². The van der Waals surface area contributed by atoms with Crippen LogP contribution in [0.4, 0.5) is 0 Å². The van der Waals surface area contributed by atoms with E-state index in [9.17, 15) is 5.11 Å². The molecule has 0 unspecified atom stereocenters. The first-order valence-electron chi connectivity index (χ1n) is 14.8. The monoisotopic (exact) mass is 752 g/mol. The number of hydrogen-bond acceptors (Lipinski definition) is 13. The van der Waals surface area contributed by atoms with Crippen molar-refractivity contribution >= 4 is 70.6 Å². The minimum absolute atomic E-state index is 0.227. The van der Waals surface area contributed by atoms with E-state index in [0.29, 0.717) is 51.2 Å². The van der Waals surface area contributed by atoms with Gasteiger partial charge < -0.3 is 33.5 Å². The van der Waals surface area contributed by atoms with Crippen molar-refractivity contribution in [2.24, 2.45) is 0 Å². The van der Waals surface area contributed by atoms with Crippen LogP contribution in [0.3, 0.4) is 0 Å². The summed E-state index contributed by atoms with van der Waals surface area (Å²) < 4.78 is 36.1. The van der Waals surface area contributed by atoms with Crippen molar-refractivity contribution in [2.45, 2.75) is 88.8 Å². The minimum atomic E-state index is -1.92. The molecule has 1 N–H and O–H groups in total. The molecule has 3 aromatic carbocycles. The van der Waals surface area contributed by atoms with Crippen LogP contribution in [0.25, 0.3) is 0 Å². The van der Waals surface area contributed by atoms with Gasteiger partial charge in [0.05, 0.1) is 71.6 Å². The standard InChI is InChI=1S/C34H40O7S6/c1-31(2)42-19-13-16(36-7)25(39-10)22(28(19)45-31)34(35,23-26(40-11)17(37-8)14-20-29(23)46-32(3,4)43-20)24-27(41-12)18(38-9)15-21-30(24)47-33(5,6)44-21/h13-15,35H,1-12H3. The van der Waals surface area contributed by atoms with Gasteiger partial charge in [-0.05, 0) is 59.7 Å². The van der Waals surface area contributed by atoms with Crippen LogP contribution in [0.1, 0.15) is 58.2 Å². The molecule has 0 fully saturated rings. The molecule has 0 saturated carbocycles. The molecular formula is C34H40O7S6. The molecule has 47 heavy (non-hydrogen) atoms. The van der Waals surface area contributed by atoms with E-state index in [0.717, 1.165) is 29.4 Å². The maximum absolute atomic E-state index is 14.4. The molecule has 3 aromatic rings. The van der Waals surface area contributed by atoms with E-state index >= 15 is 0 Å². The fraction of sp³-hybridized carbons (Fsp3) is 0.471. The lowest BCUT2D eigenvalue weighted by Crippen LogP contribution is -2.33. The topological polar surface area (TPSA) is 75.6 Å². The molecule has 0 spiro atoms. The Labute approximate surface area is 303 Å². The number of aliphatic hydroxyl groups is 1. The quantitative estimate of drug-likeness (QED) is 0.211. The van der Waals surface area contributed by atoms with Crippen LogP contribution in [0, 0.1) is 0 Å². The Hall–Kier alpha value is -1.48. The van der Waals surface area contributed by atoms with E-state index in [1.807, 2.05) is 18.2 Å². The summed E-state index contributed by atoms with van der Waals surface area (Å²) in [6.07, 6.45) is 0. The third-order valence-electron chi connectivity index (χ3n) is 7.96. The Bertz CT molecular complexity index is 1570. The first-order chi connectivity index (χ1) is 22.1. The van der Waals surface area contributed by atoms with E-state index in [2.05, 4.69) is 41.5 Å². The highest BCUT2D eigenvalue weighted by molar-refractivity contribution is 8.21. The molecule has 0 bridgehead atoms. The van der Waals surface area contributed by atoms with Crippen LogP contribution in [0.15, 0.2) is 47.6 Å². The molecule has 0 radical (unpaired) electrons. The number of methoxy groups -OCH3 is 6. The van der Waals surface area contributed by atoms with Crippen molar-refractivity contribution in [2.75, 3.05) is 42.7 Å². The number of fused-ring (bicyclic) bond motifs is 3. The second kappa shape index (κ2) is 12.4. The summed E-state index contributed by atoms with van der Waals surface area (Å²) in [4.78, 5) is 5.69. The summed E-state index contributed by atoms with van der Waals surface area (Å²) in [5.41, 5.74) is -0.241. The van der Waals surface area contributed by atoms with E-state index in [-0.39, 0.29) is 12.2 Å². The van der Waals surface area contributed by atoms with Crippen LogP contribution in [-0.2, 0) is 5.60 Å². The van der Waals surface area contributed by atoms with Gasteiger partial charge >= 0.3 is 0 Å². The van der Waals surface area contributed by atoms with Gasteiger partial charge in [0.25, 0.3) is 0 Å². The molecule has 0 aliphatic carbocycles. The third-order valence-corrected chi connectivity index (χ3v) is 16.3. The highest BCUT2D eigenvalue weighted by Gasteiger charge is 2.54. The van der Waals surface area contributed by atoms with Crippen molar-refractivity contribution in [1.82, 2.24) is 0 Å². The highest BCUT2D eigenvalue weighted by Crippen LogP contribution is 2.70. The van der Waals surface area contributed by atoms with Crippen LogP contribution >= 0.6 is 70.6 Å². The van der Waals surface area contributed by atoms with Crippen LogP contribution in [0.5, 0.6) is 34.5 Å². The molecule has 3 aliphatic heterocycles. The number of ether oxygens (including phenoxy) is 6. The fourth-order valence-electron chi connectivity index (χ4n) is 6.35.